The molecule has 0 heterocycles. The molecule has 2 atom stereocenters. The first kappa shape index (κ1) is 15.9. The monoisotopic (exact) mass is 276 g/mol. The summed E-state index contributed by atoms with van der Waals surface area (Å²) in [6.45, 7) is 4.22. The molecule has 0 saturated carbocycles. The van der Waals surface area contributed by atoms with Crippen molar-refractivity contribution in [3.05, 3.63) is 35.4 Å². The summed E-state index contributed by atoms with van der Waals surface area (Å²) in [7, 11) is 0. The van der Waals surface area contributed by atoms with Gasteiger partial charge >= 0.3 is 6.18 Å². The number of alkyl halides is 3. The van der Waals surface area contributed by atoms with Crippen LogP contribution in [0.3, 0.4) is 0 Å². The summed E-state index contributed by atoms with van der Waals surface area (Å²) in [6.07, 6.45) is -3.97. The molecule has 1 rings (SSSR count). The van der Waals surface area contributed by atoms with Gasteiger partial charge in [0.25, 0.3) is 0 Å². The van der Waals surface area contributed by atoms with Crippen molar-refractivity contribution in [2.45, 2.75) is 38.6 Å². The van der Waals surface area contributed by atoms with Crippen molar-refractivity contribution in [1.82, 2.24) is 5.43 Å². The maximum Gasteiger partial charge on any atom is 0.416 e. The first-order valence-corrected chi connectivity index (χ1v) is 6.18. The van der Waals surface area contributed by atoms with E-state index in [0.717, 1.165) is 12.1 Å². The molecule has 0 spiro atoms. The molecule has 1 aromatic carbocycles. The Morgan fingerprint density at radius 2 is 2.00 bits per heavy atom. The molecule has 0 bridgehead atoms. The number of rotatable bonds is 6. The molecular weight excluding hydrogens is 257 g/mol. The highest BCUT2D eigenvalue weighted by Gasteiger charge is 2.31. The molecule has 0 saturated heterocycles. The summed E-state index contributed by atoms with van der Waals surface area (Å²) < 4.78 is 43.6. The highest BCUT2D eigenvalue weighted by molar-refractivity contribution is 5.28. The zero-order valence-corrected chi connectivity index (χ0v) is 11.0. The molecular formula is C13H19F3N2O. The van der Waals surface area contributed by atoms with Crippen LogP contribution in [0.5, 0.6) is 0 Å². The minimum atomic E-state index is -4.36. The van der Waals surface area contributed by atoms with Gasteiger partial charge < -0.3 is 4.74 Å². The lowest BCUT2D eigenvalue weighted by Crippen LogP contribution is -2.38. The molecule has 6 heteroatoms. The second-order valence-corrected chi connectivity index (χ2v) is 4.17. The molecule has 0 aromatic heterocycles. The van der Waals surface area contributed by atoms with Crippen LogP contribution < -0.4 is 11.3 Å². The number of hydrogen-bond donors (Lipinski definition) is 2. The number of hydrazine groups is 1. The maximum atomic E-state index is 12.7. The second-order valence-electron chi connectivity index (χ2n) is 4.17. The number of benzene rings is 1. The molecule has 19 heavy (non-hydrogen) atoms. The number of halogens is 3. The Morgan fingerprint density at radius 3 is 2.47 bits per heavy atom. The van der Waals surface area contributed by atoms with E-state index in [-0.39, 0.29) is 6.10 Å². The fourth-order valence-corrected chi connectivity index (χ4v) is 1.99. The van der Waals surface area contributed by atoms with E-state index < -0.39 is 17.8 Å². The largest absolute Gasteiger partial charge is 0.416 e. The molecule has 2 unspecified atom stereocenters. The first-order valence-electron chi connectivity index (χ1n) is 6.18. The number of hydrogen-bond acceptors (Lipinski definition) is 3. The molecule has 108 valence electrons. The van der Waals surface area contributed by atoms with Crippen molar-refractivity contribution >= 4 is 0 Å². The van der Waals surface area contributed by atoms with Gasteiger partial charge in [-0.1, -0.05) is 19.1 Å². The summed E-state index contributed by atoms with van der Waals surface area (Å²) in [4.78, 5) is 0. The van der Waals surface area contributed by atoms with Crippen LogP contribution in [0.2, 0.25) is 0 Å². The molecule has 0 amide bonds. The van der Waals surface area contributed by atoms with E-state index in [0.29, 0.717) is 18.6 Å². The Kier molecular flexibility index (Phi) is 5.78. The Bertz CT molecular complexity index is 396. The third-order valence-electron chi connectivity index (χ3n) is 2.91. The Labute approximate surface area is 110 Å². The van der Waals surface area contributed by atoms with Crippen molar-refractivity contribution in [3.63, 3.8) is 0 Å². The van der Waals surface area contributed by atoms with Crippen molar-refractivity contribution in [3.8, 4) is 0 Å². The lowest BCUT2D eigenvalue weighted by Gasteiger charge is -2.26. The van der Waals surface area contributed by atoms with Crippen LogP contribution in [0.15, 0.2) is 24.3 Å². The zero-order valence-electron chi connectivity index (χ0n) is 11.0. The number of nitrogens with one attached hydrogen (secondary N) is 1. The van der Waals surface area contributed by atoms with Gasteiger partial charge in [0.05, 0.1) is 17.7 Å². The smallest absolute Gasteiger partial charge is 0.376 e. The highest BCUT2D eigenvalue weighted by atomic mass is 19.4. The molecule has 0 radical (unpaired) electrons. The van der Waals surface area contributed by atoms with Gasteiger partial charge in [-0.05, 0) is 31.0 Å². The normalized spacial score (nSPS) is 15.3. The van der Waals surface area contributed by atoms with Gasteiger partial charge in [0, 0.05) is 6.61 Å². The van der Waals surface area contributed by atoms with E-state index in [4.69, 9.17) is 10.6 Å². The lowest BCUT2D eigenvalue weighted by molar-refractivity contribution is -0.137. The van der Waals surface area contributed by atoms with E-state index in [2.05, 4.69) is 5.43 Å². The maximum absolute atomic E-state index is 12.7. The summed E-state index contributed by atoms with van der Waals surface area (Å²) in [5.74, 6) is 5.46. The van der Waals surface area contributed by atoms with Crippen LogP contribution >= 0.6 is 0 Å². The summed E-state index contributed by atoms with van der Waals surface area (Å²) >= 11 is 0. The van der Waals surface area contributed by atoms with Crippen molar-refractivity contribution in [2.75, 3.05) is 6.61 Å². The molecule has 3 nitrogen and oxygen atoms in total. The summed E-state index contributed by atoms with van der Waals surface area (Å²) in [5, 5.41) is 0. The van der Waals surface area contributed by atoms with Gasteiger partial charge in [-0.25, -0.2) is 0 Å². The SMILES string of the molecule is CCOC(CC)C(NN)c1cccc(C(F)(F)F)c1. The number of nitrogens with two attached hydrogens (primary N) is 1. The van der Waals surface area contributed by atoms with Crippen molar-refractivity contribution in [2.24, 2.45) is 5.84 Å². The second kappa shape index (κ2) is 6.88. The van der Waals surface area contributed by atoms with Crippen LogP contribution in [0.1, 0.15) is 37.4 Å². The Morgan fingerprint density at radius 1 is 1.32 bits per heavy atom. The molecule has 1 aromatic rings. The van der Waals surface area contributed by atoms with Crippen LogP contribution in [-0.4, -0.2) is 12.7 Å². The zero-order chi connectivity index (χ0) is 14.5. The van der Waals surface area contributed by atoms with Gasteiger partial charge in [-0.2, -0.15) is 13.2 Å². The highest BCUT2D eigenvalue weighted by Crippen LogP contribution is 2.31. The van der Waals surface area contributed by atoms with E-state index in [1.807, 2.05) is 13.8 Å². The topological polar surface area (TPSA) is 47.3 Å². The third-order valence-corrected chi connectivity index (χ3v) is 2.91. The van der Waals surface area contributed by atoms with Crippen LogP contribution in [-0.2, 0) is 10.9 Å². The average molecular weight is 276 g/mol. The van der Waals surface area contributed by atoms with Gasteiger partial charge in [0.2, 0.25) is 0 Å². The standard InChI is InChI=1S/C13H19F3N2O/c1-3-11(19-4-2)12(18-17)9-6-5-7-10(8-9)13(14,15)16/h5-8,11-12,18H,3-4,17H2,1-2H3. The predicted octanol–water partition coefficient (Wildman–Crippen LogP) is 3.02. The quantitative estimate of drug-likeness (QED) is 0.620. The van der Waals surface area contributed by atoms with Crippen molar-refractivity contribution in [1.29, 1.82) is 0 Å². The Balaban J connectivity index is 3.04. The Hall–Kier alpha value is -1.11. The third kappa shape index (κ3) is 4.19. The van der Waals surface area contributed by atoms with Gasteiger partial charge in [-0.3, -0.25) is 11.3 Å². The van der Waals surface area contributed by atoms with E-state index in [9.17, 15) is 13.2 Å². The van der Waals surface area contributed by atoms with Gasteiger partial charge in [0.15, 0.2) is 0 Å². The van der Waals surface area contributed by atoms with Crippen molar-refractivity contribution < 1.29 is 17.9 Å². The minimum absolute atomic E-state index is 0.265. The van der Waals surface area contributed by atoms with E-state index >= 15 is 0 Å². The van der Waals surface area contributed by atoms with Crippen LogP contribution in [0, 0.1) is 0 Å². The molecule has 0 fully saturated rings. The van der Waals surface area contributed by atoms with E-state index in [1.165, 1.54) is 6.07 Å². The molecule has 0 aliphatic carbocycles. The fourth-order valence-electron chi connectivity index (χ4n) is 1.99. The summed E-state index contributed by atoms with van der Waals surface area (Å²) in [5.41, 5.74) is 2.33. The molecule has 0 aliphatic heterocycles. The molecule has 0 aliphatic rings. The van der Waals surface area contributed by atoms with Gasteiger partial charge in [0.1, 0.15) is 0 Å². The minimum Gasteiger partial charge on any atom is -0.376 e. The number of ether oxygens (including phenoxy) is 1. The fraction of sp³-hybridized carbons (Fsp3) is 0.538. The predicted molar refractivity (Wildman–Crippen MR) is 67.2 cm³/mol. The summed E-state index contributed by atoms with van der Waals surface area (Å²) in [6, 6.07) is 4.67. The van der Waals surface area contributed by atoms with E-state index in [1.54, 1.807) is 6.07 Å². The molecule has 3 N–H and O–H groups in total. The average Bonchev–Trinajstić information content (AvgIpc) is 2.38. The van der Waals surface area contributed by atoms with Crippen LogP contribution in [0.25, 0.3) is 0 Å². The van der Waals surface area contributed by atoms with Gasteiger partial charge in [-0.15, -0.1) is 0 Å². The lowest BCUT2D eigenvalue weighted by atomic mass is 9.98. The first-order chi connectivity index (χ1) is 8.93. The van der Waals surface area contributed by atoms with Crippen LogP contribution in [0.4, 0.5) is 13.2 Å².